The Morgan fingerprint density at radius 1 is 0.800 bits per heavy atom. The predicted octanol–water partition coefficient (Wildman–Crippen LogP) is -1.94. The molecule has 2 aliphatic heterocycles. The molecule has 0 aromatic heterocycles. The Kier molecular flexibility index (Phi) is 6.91. The Bertz CT molecular complexity index is 502. The van der Waals surface area contributed by atoms with E-state index in [0.717, 1.165) is 0 Å². The zero-order chi connectivity index (χ0) is 18.4. The molecule has 9 nitrogen and oxygen atoms in total. The van der Waals surface area contributed by atoms with Crippen LogP contribution in [0.5, 0.6) is 0 Å². The maximum Gasteiger partial charge on any atom is 0.317 e. The summed E-state index contributed by atoms with van der Waals surface area (Å²) in [5.41, 5.74) is 0. The van der Waals surface area contributed by atoms with E-state index < -0.39 is 5.97 Å². The number of carbonyl (C=O) groups excluding carboxylic acids is 4. The molecule has 138 valence electrons. The maximum absolute atomic E-state index is 11.5. The molecule has 2 saturated heterocycles. The zero-order valence-electron chi connectivity index (χ0n) is 14.1. The molecule has 0 aromatic rings. The van der Waals surface area contributed by atoms with E-state index >= 15 is 0 Å². The highest BCUT2D eigenvalue weighted by Gasteiger charge is 2.25. The summed E-state index contributed by atoms with van der Waals surface area (Å²) in [6.45, 7) is 2.29. The molecule has 0 saturated carbocycles. The molecule has 0 bridgehead atoms. The van der Waals surface area contributed by atoms with Gasteiger partial charge in [0.05, 0.1) is 45.6 Å². The van der Waals surface area contributed by atoms with Crippen LogP contribution in [0.15, 0.2) is 0 Å². The van der Waals surface area contributed by atoms with E-state index in [2.05, 4.69) is 0 Å². The van der Waals surface area contributed by atoms with E-state index in [4.69, 9.17) is 5.11 Å². The molecular formula is C16H23N3O6. The van der Waals surface area contributed by atoms with Crippen molar-refractivity contribution < 1.29 is 29.1 Å². The van der Waals surface area contributed by atoms with Crippen LogP contribution in [-0.2, 0) is 24.0 Å². The molecule has 0 spiro atoms. The van der Waals surface area contributed by atoms with Gasteiger partial charge in [0.1, 0.15) is 0 Å². The number of aliphatic carboxylic acids is 1. The van der Waals surface area contributed by atoms with Crippen molar-refractivity contribution in [3.63, 3.8) is 0 Å². The van der Waals surface area contributed by atoms with Crippen molar-refractivity contribution in [2.75, 3.05) is 58.9 Å². The molecule has 0 amide bonds. The van der Waals surface area contributed by atoms with Crippen molar-refractivity contribution in [1.29, 1.82) is 0 Å². The number of hydrogen-bond acceptors (Lipinski definition) is 8. The third-order valence-corrected chi connectivity index (χ3v) is 4.21. The first kappa shape index (κ1) is 19.4. The summed E-state index contributed by atoms with van der Waals surface area (Å²) in [5, 5.41) is 9.04. The molecule has 0 atom stereocenters. The summed E-state index contributed by atoms with van der Waals surface area (Å²) < 4.78 is 0. The van der Waals surface area contributed by atoms with Gasteiger partial charge in [-0.05, 0) is 0 Å². The van der Waals surface area contributed by atoms with Crippen LogP contribution in [0, 0.1) is 0 Å². The Hall–Kier alpha value is -1.97. The first-order chi connectivity index (χ1) is 11.8. The Balaban J connectivity index is 1.82. The van der Waals surface area contributed by atoms with Crippen LogP contribution in [0.4, 0.5) is 0 Å². The first-order valence-electron chi connectivity index (χ1n) is 8.27. The summed E-state index contributed by atoms with van der Waals surface area (Å²) in [7, 11) is 0. The van der Waals surface area contributed by atoms with E-state index in [-0.39, 0.29) is 68.7 Å². The van der Waals surface area contributed by atoms with Crippen molar-refractivity contribution in [2.45, 2.75) is 12.8 Å². The zero-order valence-corrected chi connectivity index (χ0v) is 14.1. The van der Waals surface area contributed by atoms with Gasteiger partial charge in [-0.25, -0.2) is 0 Å². The van der Waals surface area contributed by atoms with Crippen LogP contribution in [0.25, 0.3) is 0 Å². The van der Waals surface area contributed by atoms with Crippen LogP contribution in [0.3, 0.4) is 0 Å². The van der Waals surface area contributed by atoms with Crippen molar-refractivity contribution in [1.82, 2.24) is 14.7 Å². The standard InChI is InChI=1S/C16H23N3O6/c20-12-5-13(21)8-18(7-12)3-1-17(11-16(24)25)2-4-19-9-14(22)6-15(23)10-19/h1-11H2,(H,24,25). The Morgan fingerprint density at radius 3 is 1.48 bits per heavy atom. The smallest absolute Gasteiger partial charge is 0.317 e. The SMILES string of the molecule is O=C(O)CN(CCN1CC(=O)CC(=O)C1)CCN1CC(=O)CC(=O)C1. The monoisotopic (exact) mass is 353 g/mol. The lowest BCUT2D eigenvalue weighted by Gasteiger charge is -2.30. The van der Waals surface area contributed by atoms with E-state index in [1.54, 1.807) is 14.7 Å². The van der Waals surface area contributed by atoms with Crippen LogP contribution < -0.4 is 0 Å². The fraction of sp³-hybridized carbons (Fsp3) is 0.688. The van der Waals surface area contributed by atoms with Gasteiger partial charge in [0.2, 0.25) is 0 Å². The Labute approximate surface area is 145 Å². The summed E-state index contributed by atoms with van der Waals surface area (Å²) in [6, 6.07) is 0. The molecule has 25 heavy (non-hydrogen) atoms. The second-order valence-electron chi connectivity index (χ2n) is 6.60. The van der Waals surface area contributed by atoms with Gasteiger partial charge < -0.3 is 5.11 Å². The van der Waals surface area contributed by atoms with E-state index in [0.29, 0.717) is 26.2 Å². The third kappa shape index (κ3) is 6.81. The van der Waals surface area contributed by atoms with Gasteiger partial charge >= 0.3 is 5.97 Å². The summed E-state index contributed by atoms with van der Waals surface area (Å²) in [5.74, 6) is -1.45. The molecule has 2 aliphatic rings. The van der Waals surface area contributed by atoms with Gasteiger partial charge in [-0.15, -0.1) is 0 Å². The molecule has 9 heteroatoms. The van der Waals surface area contributed by atoms with E-state index in [9.17, 15) is 24.0 Å². The van der Waals surface area contributed by atoms with Gasteiger partial charge in [0.25, 0.3) is 0 Å². The normalized spacial score (nSPS) is 20.5. The molecule has 0 aliphatic carbocycles. The molecular weight excluding hydrogens is 330 g/mol. The highest BCUT2D eigenvalue weighted by Crippen LogP contribution is 2.05. The minimum absolute atomic E-state index is 0.0215. The number of carboxylic acids is 1. The second kappa shape index (κ2) is 8.93. The average Bonchev–Trinajstić information content (AvgIpc) is 2.47. The second-order valence-corrected chi connectivity index (χ2v) is 6.60. The summed E-state index contributed by atoms with van der Waals surface area (Å²) in [6.07, 6.45) is -0.0429. The quantitative estimate of drug-likeness (QED) is 0.498. The minimum Gasteiger partial charge on any atom is -0.480 e. The highest BCUT2D eigenvalue weighted by atomic mass is 16.4. The Morgan fingerprint density at radius 2 is 1.16 bits per heavy atom. The lowest BCUT2D eigenvalue weighted by atomic mass is 10.1. The number of nitrogens with zero attached hydrogens (tertiary/aromatic N) is 3. The van der Waals surface area contributed by atoms with Crippen molar-refractivity contribution in [3.05, 3.63) is 0 Å². The topological polar surface area (TPSA) is 115 Å². The molecule has 2 fully saturated rings. The number of piperidine rings is 2. The lowest BCUT2D eigenvalue weighted by Crippen LogP contribution is -2.48. The van der Waals surface area contributed by atoms with Gasteiger partial charge in [0, 0.05) is 26.2 Å². The van der Waals surface area contributed by atoms with Crippen molar-refractivity contribution in [3.8, 4) is 0 Å². The summed E-state index contributed by atoms with van der Waals surface area (Å²) >= 11 is 0. The fourth-order valence-electron chi connectivity index (χ4n) is 3.12. The number of carboxylic acid groups (broad SMARTS) is 1. The third-order valence-electron chi connectivity index (χ3n) is 4.21. The van der Waals surface area contributed by atoms with Gasteiger partial charge in [0.15, 0.2) is 23.1 Å². The van der Waals surface area contributed by atoms with Gasteiger partial charge in [-0.1, -0.05) is 0 Å². The van der Waals surface area contributed by atoms with Crippen molar-refractivity contribution in [2.24, 2.45) is 0 Å². The number of carbonyl (C=O) groups is 5. The predicted molar refractivity (Wildman–Crippen MR) is 86.2 cm³/mol. The highest BCUT2D eigenvalue weighted by molar-refractivity contribution is 6.03. The van der Waals surface area contributed by atoms with E-state index in [1.165, 1.54) is 0 Å². The number of Topliss-reactive ketones (excluding diaryl/α,β-unsaturated/α-hetero) is 4. The van der Waals surface area contributed by atoms with Crippen LogP contribution in [0.1, 0.15) is 12.8 Å². The number of hydrogen-bond donors (Lipinski definition) is 1. The molecule has 0 radical (unpaired) electrons. The van der Waals surface area contributed by atoms with Crippen LogP contribution >= 0.6 is 0 Å². The fourth-order valence-corrected chi connectivity index (χ4v) is 3.12. The molecule has 2 heterocycles. The maximum atomic E-state index is 11.5. The van der Waals surface area contributed by atoms with Crippen molar-refractivity contribution >= 4 is 29.1 Å². The van der Waals surface area contributed by atoms with E-state index in [1.807, 2.05) is 0 Å². The molecule has 2 rings (SSSR count). The summed E-state index contributed by atoms with van der Waals surface area (Å²) in [4.78, 5) is 62.0. The molecule has 1 N–H and O–H groups in total. The lowest BCUT2D eigenvalue weighted by molar-refractivity contribution is -0.139. The average molecular weight is 353 g/mol. The van der Waals surface area contributed by atoms with Crippen LogP contribution in [-0.4, -0.2) is 108 Å². The largest absolute Gasteiger partial charge is 0.480 e. The molecule has 0 aromatic carbocycles. The molecule has 0 unspecified atom stereocenters. The van der Waals surface area contributed by atoms with Gasteiger partial charge in [-0.3, -0.25) is 38.7 Å². The first-order valence-corrected chi connectivity index (χ1v) is 8.27. The number of ketones is 4. The minimum atomic E-state index is -0.975. The number of rotatable bonds is 8. The van der Waals surface area contributed by atoms with Crippen LogP contribution in [0.2, 0.25) is 0 Å². The van der Waals surface area contributed by atoms with Gasteiger partial charge in [-0.2, -0.15) is 0 Å². The number of likely N-dealkylation sites (tertiary alicyclic amines) is 2.